The fourth-order valence-corrected chi connectivity index (χ4v) is 2.88. The Morgan fingerprint density at radius 1 is 1.39 bits per heavy atom. The molecule has 0 saturated carbocycles. The lowest BCUT2D eigenvalue weighted by Gasteiger charge is -2.04. The number of nitrogens with one attached hydrogen (secondary N) is 1. The monoisotopic (exact) mass is 263 g/mol. The van der Waals surface area contributed by atoms with Crippen molar-refractivity contribution in [2.75, 3.05) is 13.1 Å². The first kappa shape index (κ1) is 13.3. The van der Waals surface area contributed by atoms with Gasteiger partial charge in [-0.2, -0.15) is 5.10 Å². The van der Waals surface area contributed by atoms with E-state index in [2.05, 4.69) is 53.4 Å². The lowest BCUT2D eigenvalue weighted by atomic mass is 10.1. The van der Waals surface area contributed by atoms with Crippen molar-refractivity contribution in [2.45, 2.75) is 33.7 Å². The molecule has 0 atom stereocenters. The summed E-state index contributed by atoms with van der Waals surface area (Å²) in [7, 11) is 0. The van der Waals surface area contributed by atoms with E-state index >= 15 is 0 Å². The van der Waals surface area contributed by atoms with Gasteiger partial charge in [-0.1, -0.05) is 13.0 Å². The summed E-state index contributed by atoms with van der Waals surface area (Å²) in [5.74, 6) is 0. The summed E-state index contributed by atoms with van der Waals surface area (Å²) in [5.41, 5.74) is 3.87. The molecule has 0 aliphatic heterocycles. The number of thiophene rings is 1. The van der Waals surface area contributed by atoms with Crippen LogP contribution in [0.1, 0.15) is 28.8 Å². The molecule has 0 saturated heterocycles. The molecule has 0 aliphatic carbocycles. The maximum absolute atomic E-state index is 4.66. The highest BCUT2D eigenvalue weighted by Crippen LogP contribution is 2.17. The molecule has 0 aliphatic rings. The van der Waals surface area contributed by atoms with Crippen molar-refractivity contribution in [3.63, 3.8) is 0 Å². The van der Waals surface area contributed by atoms with Crippen molar-refractivity contribution in [3.05, 3.63) is 39.3 Å². The molecule has 2 heterocycles. The second-order valence-corrected chi connectivity index (χ2v) is 5.52. The minimum Gasteiger partial charge on any atom is -0.317 e. The van der Waals surface area contributed by atoms with Gasteiger partial charge in [0, 0.05) is 10.6 Å². The molecule has 0 aromatic carbocycles. The number of hydrogen-bond acceptors (Lipinski definition) is 3. The summed E-state index contributed by atoms with van der Waals surface area (Å²) < 4.78 is 2.13. The van der Waals surface area contributed by atoms with Crippen LogP contribution in [0.3, 0.4) is 0 Å². The largest absolute Gasteiger partial charge is 0.317 e. The summed E-state index contributed by atoms with van der Waals surface area (Å²) in [6.07, 6.45) is 1.07. The zero-order valence-corrected chi connectivity index (χ0v) is 12.2. The second-order valence-electron chi connectivity index (χ2n) is 4.49. The summed E-state index contributed by atoms with van der Waals surface area (Å²) in [4.78, 5) is 1.36. The third kappa shape index (κ3) is 3.00. The Morgan fingerprint density at radius 3 is 2.89 bits per heavy atom. The van der Waals surface area contributed by atoms with Crippen LogP contribution in [0.5, 0.6) is 0 Å². The molecule has 2 aromatic heterocycles. The molecule has 0 unspecified atom stereocenters. The smallest absolute Gasteiger partial charge is 0.0755 e. The Balaban J connectivity index is 2.10. The number of rotatable bonds is 6. The lowest BCUT2D eigenvalue weighted by molar-refractivity contribution is 0.663. The first-order valence-electron chi connectivity index (χ1n) is 6.48. The van der Waals surface area contributed by atoms with Crippen molar-refractivity contribution in [2.24, 2.45) is 0 Å². The summed E-state index contributed by atoms with van der Waals surface area (Å²) in [5, 5.41) is 10.1. The lowest BCUT2D eigenvalue weighted by Crippen LogP contribution is -2.16. The Hall–Kier alpha value is -1.13. The van der Waals surface area contributed by atoms with Crippen LogP contribution < -0.4 is 5.32 Å². The molecule has 98 valence electrons. The van der Waals surface area contributed by atoms with Gasteiger partial charge in [0.05, 0.1) is 12.2 Å². The van der Waals surface area contributed by atoms with Crippen LogP contribution in [-0.4, -0.2) is 22.9 Å². The van der Waals surface area contributed by atoms with Crippen LogP contribution in [0.4, 0.5) is 0 Å². The van der Waals surface area contributed by atoms with E-state index in [1.807, 2.05) is 0 Å². The van der Waals surface area contributed by atoms with Crippen molar-refractivity contribution in [1.82, 2.24) is 15.1 Å². The maximum Gasteiger partial charge on any atom is 0.0755 e. The molecule has 18 heavy (non-hydrogen) atoms. The van der Waals surface area contributed by atoms with Gasteiger partial charge < -0.3 is 5.32 Å². The molecule has 2 aromatic rings. The molecule has 3 nitrogen and oxygen atoms in total. The summed E-state index contributed by atoms with van der Waals surface area (Å²) in [6, 6.07) is 4.26. The maximum atomic E-state index is 4.66. The Morgan fingerprint density at radius 2 is 2.22 bits per heavy atom. The number of likely N-dealkylation sites (N-methyl/N-ethyl adjacent to an activating group) is 1. The van der Waals surface area contributed by atoms with E-state index in [0.29, 0.717) is 0 Å². The van der Waals surface area contributed by atoms with E-state index in [1.165, 1.54) is 21.8 Å². The van der Waals surface area contributed by atoms with Gasteiger partial charge in [-0.05, 0) is 50.4 Å². The molecule has 0 amide bonds. The predicted molar refractivity (Wildman–Crippen MR) is 77.4 cm³/mol. The third-order valence-electron chi connectivity index (χ3n) is 3.22. The highest BCUT2D eigenvalue weighted by molar-refractivity contribution is 7.09. The number of nitrogens with zero attached hydrogens (tertiary/aromatic N) is 2. The van der Waals surface area contributed by atoms with E-state index < -0.39 is 0 Å². The topological polar surface area (TPSA) is 29.9 Å². The molecule has 4 heteroatoms. The molecular formula is C14H21N3S. The molecule has 0 bridgehead atoms. The average molecular weight is 263 g/mol. The van der Waals surface area contributed by atoms with Gasteiger partial charge >= 0.3 is 0 Å². The van der Waals surface area contributed by atoms with Crippen LogP contribution >= 0.6 is 11.3 Å². The van der Waals surface area contributed by atoms with E-state index in [-0.39, 0.29) is 0 Å². The molecular weight excluding hydrogens is 242 g/mol. The van der Waals surface area contributed by atoms with Gasteiger partial charge in [-0.3, -0.25) is 4.68 Å². The van der Waals surface area contributed by atoms with Crippen molar-refractivity contribution >= 4 is 11.3 Å². The first-order chi connectivity index (χ1) is 8.72. The van der Waals surface area contributed by atoms with Gasteiger partial charge in [-0.25, -0.2) is 0 Å². The Bertz CT molecular complexity index is 485. The fourth-order valence-electron chi connectivity index (χ4n) is 2.19. The first-order valence-corrected chi connectivity index (χ1v) is 7.36. The SMILES string of the molecule is CCNCCc1c(C)nn(Cc2cccs2)c1C. The minimum atomic E-state index is 0.894. The van der Waals surface area contributed by atoms with Gasteiger partial charge in [0.2, 0.25) is 0 Å². The molecule has 0 radical (unpaired) electrons. The quantitative estimate of drug-likeness (QED) is 0.812. The molecule has 1 N–H and O–H groups in total. The van der Waals surface area contributed by atoms with Crippen LogP contribution in [0.25, 0.3) is 0 Å². The van der Waals surface area contributed by atoms with Gasteiger partial charge in [0.1, 0.15) is 0 Å². The minimum absolute atomic E-state index is 0.894. The highest BCUT2D eigenvalue weighted by atomic mass is 32.1. The molecule has 2 rings (SSSR count). The van der Waals surface area contributed by atoms with Crippen molar-refractivity contribution in [1.29, 1.82) is 0 Å². The van der Waals surface area contributed by atoms with Crippen LogP contribution in [0.15, 0.2) is 17.5 Å². The number of aromatic nitrogens is 2. The van der Waals surface area contributed by atoms with Crippen molar-refractivity contribution < 1.29 is 0 Å². The van der Waals surface area contributed by atoms with E-state index in [4.69, 9.17) is 0 Å². The van der Waals surface area contributed by atoms with Gasteiger partial charge in [-0.15, -0.1) is 11.3 Å². The molecule has 0 spiro atoms. The van der Waals surface area contributed by atoms with Crippen molar-refractivity contribution in [3.8, 4) is 0 Å². The normalized spacial score (nSPS) is 11.1. The summed E-state index contributed by atoms with van der Waals surface area (Å²) >= 11 is 1.79. The summed E-state index contributed by atoms with van der Waals surface area (Å²) in [6.45, 7) is 9.38. The molecule has 0 fully saturated rings. The Labute approximate surface area is 113 Å². The second kappa shape index (κ2) is 6.16. The van der Waals surface area contributed by atoms with Gasteiger partial charge in [0.15, 0.2) is 0 Å². The zero-order chi connectivity index (χ0) is 13.0. The fraction of sp³-hybridized carbons (Fsp3) is 0.500. The van der Waals surface area contributed by atoms with Gasteiger partial charge in [0.25, 0.3) is 0 Å². The average Bonchev–Trinajstić information content (AvgIpc) is 2.93. The number of hydrogen-bond donors (Lipinski definition) is 1. The van der Waals surface area contributed by atoms with E-state index in [0.717, 1.165) is 26.1 Å². The van der Waals surface area contributed by atoms with E-state index in [9.17, 15) is 0 Å². The van der Waals surface area contributed by atoms with E-state index in [1.54, 1.807) is 11.3 Å². The van der Waals surface area contributed by atoms with Crippen LogP contribution in [0, 0.1) is 13.8 Å². The Kier molecular flexibility index (Phi) is 4.55. The third-order valence-corrected chi connectivity index (χ3v) is 4.08. The number of aryl methyl sites for hydroxylation is 1. The standard InChI is InChI=1S/C14H21N3S/c1-4-15-8-7-14-11(2)16-17(12(14)3)10-13-6-5-9-18-13/h5-6,9,15H,4,7-8,10H2,1-3H3. The predicted octanol–water partition coefficient (Wildman–Crippen LogP) is 2.76. The van der Waals surface area contributed by atoms with Crippen LogP contribution in [-0.2, 0) is 13.0 Å². The zero-order valence-electron chi connectivity index (χ0n) is 11.4. The highest BCUT2D eigenvalue weighted by Gasteiger charge is 2.11. The van der Waals surface area contributed by atoms with Crippen LogP contribution in [0.2, 0.25) is 0 Å².